The molecule has 1 aliphatic heterocycles. The fraction of sp³-hybridized carbons (Fsp3) is 0.158. The van der Waals surface area contributed by atoms with Gasteiger partial charge in [-0.15, -0.1) is 0 Å². The summed E-state index contributed by atoms with van der Waals surface area (Å²) < 4.78 is 0.870. The molecule has 2 aromatic carbocycles. The molecular weight excluding hydrogens is 366 g/mol. The fourth-order valence-corrected chi connectivity index (χ4v) is 3.16. The van der Waals surface area contributed by atoms with Gasteiger partial charge in [0.15, 0.2) is 0 Å². The van der Waals surface area contributed by atoms with Crippen LogP contribution in [0.15, 0.2) is 64.8 Å². The summed E-state index contributed by atoms with van der Waals surface area (Å²) in [5.74, 6) is -0.274. The number of nitrogens with zero attached hydrogens (tertiary/aromatic N) is 2. The van der Waals surface area contributed by atoms with E-state index < -0.39 is 0 Å². The summed E-state index contributed by atoms with van der Waals surface area (Å²) in [5, 5.41) is 12.4. The first-order valence-electron chi connectivity index (χ1n) is 7.72. The number of carbonyl (C=O) groups excluding carboxylic acids is 1. The summed E-state index contributed by atoms with van der Waals surface area (Å²) in [6.07, 6.45) is 3.33. The van der Waals surface area contributed by atoms with Crippen LogP contribution in [0.2, 0.25) is 0 Å². The van der Waals surface area contributed by atoms with Crippen LogP contribution in [0.25, 0.3) is 0 Å². The number of hydrogen-bond acceptors (Lipinski definition) is 3. The number of para-hydroxylation sites is 2. The lowest BCUT2D eigenvalue weighted by molar-refractivity contribution is -0.114. The quantitative estimate of drug-likeness (QED) is 0.638. The number of carbonyl (C=O) groups is 1. The molecular formula is C19H16BrN3O. The standard InChI is InChI=1S/C19H16BrN3O/c20-16-8-2-3-9-17(16)22-13-15(12-21)19(24)23-11-5-7-14-6-1-4-10-18(14)23/h1-4,6,8-10,13,22H,5,7,11H2/b15-13-. The van der Waals surface area contributed by atoms with Gasteiger partial charge in [0.1, 0.15) is 11.6 Å². The van der Waals surface area contributed by atoms with E-state index in [1.165, 1.54) is 6.20 Å². The van der Waals surface area contributed by atoms with Crippen molar-refractivity contribution in [1.82, 2.24) is 0 Å². The minimum absolute atomic E-state index is 0.0856. The van der Waals surface area contributed by atoms with E-state index in [0.29, 0.717) is 6.54 Å². The molecule has 0 fully saturated rings. The number of aryl methyl sites for hydroxylation is 1. The van der Waals surface area contributed by atoms with Gasteiger partial charge in [0.2, 0.25) is 0 Å². The molecule has 0 bridgehead atoms. The summed E-state index contributed by atoms with van der Waals surface area (Å²) in [4.78, 5) is 14.5. The van der Waals surface area contributed by atoms with Crippen molar-refractivity contribution in [2.75, 3.05) is 16.8 Å². The van der Waals surface area contributed by atoms with E-state index in [4.69, 9.17) is 0 Å². The minimum Gasteiger partial charge on any atom is -0.359 e. The predicted molar refractivity (Wildman–Crippen MR) is 98.6 cm³/mol. The second-order valence-corrected chi connectivity index (χ2v) is 6.34. The summed E-state index contributed by atoms with van der Waals surface area (Å²) >= 11 is 3.43. The van der Waals surface area contributed by atoms with Gasteiger partial charge < -0.3 is 10.2 Å². The maximum absolute atomic E-state index is 12.8. The van der Waals surface area contributed by atoms with Crippen molar-refractivity contribution >= 4 is 33.2 Å². The molecule has 120 valence electrons. The average Bonchev–Trinajstić information content (AvgIpc) is 2.63. The largest absolute Gasteiger partial charge is 0.359 e. The Morgan fingerprint density at radius 1 is 1.21 bits per heavy atom. The Hall–Kier alpha value is -2.58. The summed E-state index contributed by atoms with van der Waals surface area (Å²) in [5.41, 5.74) is 2.93. The van der Waals surface area contributed by atoms with Crippen LogP contribution in [0.4, 0.5) is 11.4 Å². The van der Waals surface area contributed by atoms with Gasteiger partial charge in [-0.1, -0.05) is 30.3 Å². The molecule has 0 radical (unpaired) electrons. The smallest absolute Gasteiger partial charge is 0.270 e. The normalized spacial score (nSPS) is 13.8. The van der Waals surface area contributed by atoms with Gasteiger partial charge >= 0.3 is 0 Å². The van der Waals surface area contributed by atoms with Crippen molar-refractivity contribution in [2.24, 2.45) is 0 Å². The number of fused-ring (bicyclic) bond motifs is 1. The highest BCUT2D eigenvalue weighted by atomic mass is 79.9. The predicted octanol–water partition coefficient (Wildman–Crippen LogP) is 4.25. The maximum Gasteiger partial charge on any atom is 0.270 e. The molecule has 4 nitrogen and oxygen atoms in total. The molecule has 3 rings (SSSR count). The van der Waals surface area contributed by atoms with Crippen molar-refractivity contribution in [3.63, 3.8) is 0 Å². The van der Waals surface area contributed by atoms with Crippen LogP contribution < -0.4 is 10.2 Å². The number of halogens is 1. The first kappa shape index (κ1) is 16.3. The molecule has 0 aromatic heterocycles. The molecule has 0 spiro atoms. The topological polar surface area (TPSA) is 56.1 Å². The average molecular weight is 382 g/mol. The minimum atomic E-state index is -0.274. The summed E-state index contributed by atoms with van der Waals surface area (Å²) in [7, 11) is 0. The van der Waals surface area contributed by atoms with E-state index >= 15 is 0 Å². The second kappa shape index (κ2) is 7.33. The first-order chi connectivity index (χ1) is 11.7. The van der Waals surface area contributed by atoms with Crippen LogP contribution in [-0.2, 0) is 11.2 Å². The number of benzene rings is 2. The van der Waals surface area contributed by atoms with Crippen LogP contribution in [0.3, 0.4) is 0 Å². The molecule has 0 saturated carbocycles. The molecule has 0 aliphatic carbocycles. The van der Waals surface area contributed by atoms with E-state index in [1.54, 1.807) is 4.90 Å². The van der Waals surface area contributed by atoms with Gasteiger partial charge in [0, 0.05) is 22.9 Å². The number of rotatable bonds is 3. The Morgan fingerprint density at radius 2 is 1.96 bits per heavy atom. The third-order valence-corrected chi connectivity index (χ3v) is 4.64. The molecule has 5 heteroatoms. The van der Waals surface area contributed by atoms with Gasteiger partial charge in [-0.05, 0) is 52.5 Å². The number of anilines is 2. The highest BCUT2D eigenvalue weighted by molar-refractivity contribution is 9.10. The SMILES string of the molecule is N#C/C(=C/Nc1ccccc1Br)C(=O)N1CCCc2ccccc21. The van der Waals surface area contributed by atoms with Gasteiger partial charge in [-0.3, -0.25) is 4.79 Å². The van der Waals surface area contributed by atoms with Crippen LogP contribution in [0.5, 0.6) is 0 Å². The molecule has 24 heavy (non-hydrogen) atoms. The summed E-state index contributed by atoms with van der Waals surface area (Å²) in [6, 6.07) is 17.4. The number of amides is 1. The lowest BCUT2D eigenvalue weighted by Crippen LogP contribution is -2.36. The molecule has 0 atom stereocenters. The number of nitriles is 1. The third-order valence-electron chi connectivity index (χ3n) is 3.95. The maximum atomic E-state index is 12.8. The van der Waals surface area contributed by atoms with Crippen molar-refractivity contribution in [3.05, 3.63) is 70.3 Å². The Morgan fingerprint density at radius 3 is 2.75 bits per heavy atom. The third kappa shape index (κ3) is 3.34. The zero-order valence-corrected chi connectivity index (χ0v) is 14.6. The first-order valence-corrected chi connectivity index (χ1v) is 8.51. The van der Waals surface area contributed by atoms with Gasteiger partial charge in [0.05, 0.1) is 5.69 Å². The van der Waals surface area contributed by atoms with E-state index in [9.17, 15) is 10.1 Å². The lowest BCUT2D eigenvalue weighted by atomic mass is 10.0. The van der Waals surface area contributed by atoms with E-state index in [-0.39, 0.29) is 11.5 Å². The zero-order valence-electron chi connectivity index (χ0n) is 13.0. The van der Waals surface area contributed by atoms with Crippen molar-refractivity contribution in [3.8, 4) is 6.07 Å². The molecule has 1 N–H and O–H groups in total. The molecule has 0 saturated heterocycles. The monoisotopic (exact) mass is 381 g/mol. The van der Waals surface area contributed by atoms with E-state index in [2.05, 4.69) is 21.2 Å². The van der Waals surface area contributed by atoms with E-state index in [1.807, 2.05) is 54.6 Å². The molecule has 2 aromatic rings. The van der Waals surface area contributed by atoms with Crippen LogP contribution in [-0.4, -0.2) is 12.5 Å². The highest BCUT2D eigenvalue weighted by Gasteiger charge is 2.24. The number of hydrogen-bond donors (Lipinski definition) is 1. The Bertz CT molecular complexity index is 839. The molecule has 0 unspecified atom stereocenters. The Kier molecular flexibility index (Phi) is 4.97. The lowest BCUT2D eigenvalue weighted by Gasteiger charge is -2.29. The molecule has 1 amide bonds. The zero-order chi connectivity index (χ0) is 16.9. The summed E-state index contributed by atoms with van der Waals surface area (Å²) in [6.45, 7) is 0.629. The van der Waals surface area contributed by atoms with Crippen molar-refractivity contribution < 1.29 is 4.79 Å². The fourth-order valence-electron chi connectivity index (χ4n) is 2.76. The molecule has 1 heterocycles. The van der Waals surface area contributed by atoms with E-state index in [0.717, 1.165) is 34.3 Å². The van der Waals surface area contributed by atoms with Gasteiger partial charge in [0.25, 0.3) is 5.91 Å². The second-order valence-electron chi connectivity index (χ2n) is 5.48. The van der Waals surface area contributed by atoms with Crippen LogP contribution >= 0.6 is 15.9 Å². The highest BCUT2D eigenvalue weighted by Crippen LogP contribution is 2.28. The Labute approximate surface area is 149 Å². The van der Waals surface area contributed by atoms with Crippen LogP contribution in [0.1, 0.15) is 12.0 Å². The Balaban J connectivity index is 1.84. The molecule has 1 aliphatic rings. The van der Waals surface area contributed by atoms with Crippen LogP contribution in [0, 0.1) is 11.3 Å². The number of nitrogens with one attached hydrogen (secondary N) is 1. The van der Waals surface area contributed by atoms with Crippen molar-refractivity contribution in [2.45, 2.75) is 12.8 Å². The van der Waals surface area contributed by atoms with Crippen molar-refractivity contribution in [1.29, 1.82) is 5.26 Å². The van der Waals surface area contributed by atoms with Gasteiger partial charge in [-0.2, -0.15) is 5.26 Å². The van der Waals surface area contributed by atoms with Gasteiger partial charge in [-0.25, -0.2) is 0 Å².